The number of fused-ring (bicyclic) bond motifs is 5. The van der Waals surface area contributed by atoms with Crippen LogP contribution in [0.5, 0.6) is 0 Å². The first kappa shape index (κ1) is 21.3. The lowest BCUT2D eigenvalue weighted by Gasteiger charge is -2.41. The van der Waals surface area contributed by atoms with Crippen LogP contribution in [0.1, 0.15) is 56.6 Å². The molecule has 2 aliphatic carbocycles. The summed E-state index contributed by atoms with van der Waals surface area (Å²) in [6.45, 7) is 2.61. The van der Waals surface area contributed by atoms with Crippen LogP contribution in [0.15, 0.2) is 58.7 Å². The Morgan fingerprint density at radius 1 is 1.09 bits per heavy atom. The van der Waals surface area contributed by atoms with Crippen molar-refractivity contribution in [1.82, 2.24) is 4.90 Å². The summed E-state index contributed by atoms with van der Waals surface area (Å²) >= 11 is 6.04. The zero-order valence-corrected chi connectivity index (χ0v) is 19.4. The van der Waals surface area contributed by atoms with Gasteiger partial charge in [-0.25, -0.2) is 4.79 Å². The second-order valence-electron chi connectivity index (χ2n) is 9.43. The summed E-state index contributed by atoms with van der Waals surface area (Å²) in [5.41, 5.74) is 6.80. The molecule has 1 atom stereocenters. The van der Waals surface area contributed by atoms with Crippen LogP contribution >= 0.6 is 11.6 Å². The molecule has 0 aromatic heterocycles. The van der Waals surface area contributed by atoms with Crippen LogP contribution in [0.4, 0.5) is 0 Å². The van der Waals surface area contributed by atoms with Gasteiger partial charge in [-0.3, -0.25) is 4.79 Å². The first-order valence-electron chi connectivity index (χ1n) is 11.5. The molecule has 0 radical (unpaired) electrons. The first-order valence-corrected chi connectivity index (χ1v) is 11.8. The topological polar surface area (TPSA) is 46.6 Å². The fraction of sp³-hybridized carbons (Fsp3) is 0.407. The Kier molecular flexibility index (Phi) is 5.37. The average Bonchev–Trinajstić information content (AvgIpc) is 2.93. The van der Waals surface area contributed by atoms with Crippen molar-refractivity contribution in [2.75, 3.05) is 13.7 Å². The number of rotatable bonds is 3. The van der Waals surface area contributed by atoms with Gasteiger partial charge < -0.3 is 9.64 Å². The van der Waals surface area contributed by atoms with Crippen LogP contribution in [0.25, 0.3) is 11.8 Å². The molecular formula is C27H28ClNO3. The van der Waals surface area contributed by atoms with Gasteiger partial charge in [0.15, 0.2) is 0 Å². The smallest absolute Gasteiger partial charge is 0.333 e. The van der Waals surface area contributed by atoms with E-state index in [4.69, 9.17) is 16.3 Å². The number of hydrogen-bond acceptors (Lipinski definition) is 4. The molecule has 166 valence electrons. The zero-order valence-electron chi connectivity index (χ0n) is 18.6. The monoisotopic (exact) mass is 449 g/mol. The summed E-state index contributed by atoms with van der Waals surface area (Å²) in [4.78, 5) is 27.1. The van der Waals surface area contributed by atoms with Gasteiger partial charge in [0.1, 0.15) is 0 Å². The summed E-state index contributed by atoms with van der Waals surface area (Å²) in [6, 6.07) is 8.26. The van der Waals surface area contributed by atoms with Gasteiger partial charge >= 0.3 is 5.97 Å². The Morgan fingerprint density at radius 2 is 1.84 bits per heavy atom. The Bertz CT molecular complexity index is 1120. The largest absolute Gasteiger partial charge is 0.466 e. The van der Waals surface area contributed by atoms with Gasteiger partial charge in [0.25, 0.3) is 0 Å². The summed E-state index contributed by atoms with van der Waals surface area (Å²) in [5, 5.41) is -0.430. The minimum atomic E-state index is -0.441. The van der Waals surface area contributed by atoms with Crippen molar-refractivity contribution in [2.24, 2.45) is 5.92 Å². The van der Waals surface area contributed by atoms with Gasteiger partial charge in [-0.1, -0.05) is 55.7 Å². The van der Waals surface area contributed by atoms with Crippen LogP contribution in [0, 0.1) is 5.92 Å². The van der Waals surface area contributed by atoms with E-state index >= 15 is 0 Å². The molecule has 0 bridgehead atoms. The Hall–Kier alpha value is -2.59. The van der Waals surface area contributed by atoms with Gasteiger partial charge in [-0.2, -0.15) is 0 Å². The van der Waals surface area contributed by atoms with Gasteiger partial charge in [0.05, 0.1) is 12.6 Å². The molecule has 1 fully saturated rings. The van der Waals surface area contributed by atoms with Crippen molar-refractivity contribution in [3.8, 4) is 0 Å². The minimum Gasteiger partial charge on any atom is -0.466 e. The van der Waals surface area contributed by atoms with Crippen LogP contribution in [0.3, 0.4) is 0 Å². The number of allylic oxidation sites excluding steroid dienone is 2. The summed E-state index contributed by atoms with van der Waals surface area (Å²) in [5.74, 6) is 0.178. The third-order valence-electron chi connectivity index (χ3n) is 7.56. The second-order valence-corrected chi connectivity index (χ2v) is 9.77. The van der Waals surface area contributed by atoms with Crippen molar-refractivity contribution in [3.05, 3.63) is 69.8 Å². The van der Waals surface area contributed by atoms with Crippen molar-refractivity contribution >= 4 is 34.6 Å². The Morgan fingerprint density at radius 3 is 2.56 bits per heavy atom. The lowest BCUT2D eigenvalue weighted by atomic mass is 9.73. The maximum atomic E-state index is 12.4. The third kappa shape index (κ3) is 3.27. The molecule has 0 spiro atoms. The van der Waals surface area contributed by atoms with E-state index in [-0.39, 0.29) is 5.97 Å². The van der Waals surface area contributed by atoms with E-state index in [0.717, 1.165) is 11.1 Å². The number of hydrogen-bond donors (Lipinski definition) is 0. The highest BCUT2D eigenvalue weighted by Gasteiger charge is 2.50. The quantitative estimate of drug-likeness (QED) is 0.442. The standard InChI is InChI=1S/C27H28ClNO3/c1-27-15-19(26(31)32-2)12-13-22(27)23(17-8-4-3-5-9-17)24-21-11-7-6-10-18(21)14-20(25(28)30)16-29(24)27/h6-7,10-14,17H,3-5,8-9,15-16H2,1-2H3. The summed E-state index contributed by atoms with van der Waals surface area (Å²) in [6.07, 6.45) is 12.6. The number of benzene rings is 1. The molecule has 0 N–H and O–H groups in total. The van der Waals surface area contributed by atoms with Crippen LogP contribution in [-0.4, -0.2) is 35.3 Å². The molecule has 4 aliphatic rings. The number of carbonyl (C=O) groups is 2. The highest BCUT2D eigenvalue weighted by Crippen LogP contribution is 2.56. The lowest BCUT2D eigenvalue weighted by Crippen LogP contribution is -2.45. The highest BCUT2D eigenvalue weighted by molar-refractivity contribution is 6.68. The Balaban J connectivity index is 1.76. The highest BCUT2D eigenvalue weighted by atomic mass is 35.5. The molecule has 1 saturated carbocycles. The molecule has 0 amide bonds. The van der Waals surface area contributed by atoms with E-state index in [2.05, 4.69) is 36.1 Å². The van der Waals surface area contributed by atoms with E-state index in [0.29, 0.717) is 30.0 Å². The van der Waals surface area contributed by atoms with E-state index in [1.807, 2.05) is 18.2 Å². The third-order valence-corrected chi connectivity index (χ3v) is 7.81. The number of ether oxygens (including phenoxy) is 1. The fourth-order valence-corrected chi connectivity index (χ4v) is 6.12. The molecule has 5 heteroatoms. The normalized spacial score (nSPS) is 25.1. The molecule has 5 rings (SSSR count). The molecule has 2 heterocycles. The van der Waals surface area contributed by atoms with Crippen molar-refractivity contribution < 1.29 is 14.3 Å². The van der Waals surface area contributed by atoms with E-state index in [1.165, 1.54) is 56.1 Å². The van der Waals surface area contributed by atoms with Crippen LogP contribution in [0.2, 0.25) is 0 Å². The predicted octanol–water partition coefficient (Wildman–Crippen LogP) is 5.64. The summed E-state index contributed by atoms with van der Waals surface area (Å²) in [7, 11) is 1.42. The maximum Gasteiger partial charge on any atom is 0.333 e. The second kappa shape index (κ2) is 8.08. The average molecular weight is 450 g/mol. The maximum absolute atomic E-state index is 12.4. The number of esters is 1. The molecular weight excluding hydrogens is 422 g/mol. The summed E-state index contributed by atoms with van der Waals surface area (Å²) < 4.78 is 5.05. The lowest BCUT2D eigenvalue weighted by molar-refractivity contribution is -0.136. The SMILES string of the molecule is COC(=O)C1=CC=C2C(C3CCCCC3)=C3c4ccccc4C=C(C(=O)Cl)CN3C2(C)C1. The van der Waals surface area contributed by atoms with Crippen molar-refractivity contribution in [1.29, 1.82) is 0 Å². The molecule has 2 aliphatic heterocycles. The molecule has 4 nitrogen and oxygen atoms in total. The molecule has 1 unspecified atom stereocenters. The Labute approximate surface area is 194 Å². The van der Waals surface area contributed by atoms with Gasteiger partial charge in [-0.15, -0.1) is 0 Å². The number of carbonyl (C=O) groups excluding carboxylic acids is 2. The van der Waals surface area contributed by atoms with Gasteiger partial charge in [-0.05, 0) is 60.1 Å². The van der Waals surface area contributed by atoms with Crippen LogP contribution in [-0.2, 0) is 14.3 Å². The van der Waals surface area contributed by atoms with Crippen molar-refractivity contribution in [2.45, 2.75) is 51.0 Å². The van der Waals surface area contributed by atoms with Crippen LogP contribution < -0.4 is 0 Å². The van der Waals surface area contributed by atoms with Gasteiger partial charge in [0.2, 0.25) is 5.24 Å². The number of methoxy groups -OCH3 is 1. The number of nitrogens with zero attached hydrogens (tertiary/aromatic N) is 1. The molecule has 32 heavy (non-hydrogen) atoms. The van der Waals surface area contributed by atoms with Crippen molar-refractivity contribution in [3.63, 3.8) is 0 Å². The minimum absolute atomic E-state index is 0.298. The molecule has 1 aromatic rings. The number of halogens is 1. The van der Waals surface area contributed by atoms with Gasteiger partial charge in [0, 0.05) is 35.4 Å². The first-order chi connectivity index (χ1) is 15.4. The molecule has 0 saturated heterocycles. The predicted molar refractivity (Wildman–Crippen MR) is 127 cm³/mol. The fourth-order valence-electron chi connectivity index (χ4n) is 6.01. The molecule has 1 aromatic carbocycles. The zero-order chi connectivity index (χ0) is 22.5. The van der Waals surface area contributed by atoms with E-state index in [1.54, 1.807) is 0 Å². The van der Waals surface area contributed by atoms with E-state index in [9.17, 15) is 9.59 Å². The van der Waals surface area contributed by atoms with E-state index < -0.39 is 10.8 Å².